The van der Waals surface area contributed by atoms with Crippen LogP contribution < -0.4 is 5.32 Å². The third-order valence-corrected chi connectivity index (χ3v) is 4.52. The fraction of sp³-hybridized carbons (Fsp3) is 0.312. The van der Waals surface area contributed by atoms with Gasteiger partial charge in [-0.25, -0.2) is 0 Å². The Kier molecular flexibility index (Phi) is 5.47. The van der Waals surface area contributed by atoms with Crippen LogP contribution in [0.2, 0.25) is 0 Å². The standard InChI is InChI=1S/C16H19NO3S/c1-11(14(10-18)21-2)17-16(19)15-13(8-9-20-15)12-6-4-3-5-7-12/h3-9,11,14,18H,10H2,1-2H3,(H,17,19). The SMILES string of the molecule is CSC(CO)C(C)NC(=O)c1occc1-c1ccccc1. The Bertz CT molecular complexity index is 578. The summed E-state index contributed by atoms with van der Waals surface area (Å²) >= 11 is 1.52. The van der Waals surface area contributed by atoms with Gasteiger partial charge in [-0.05, 0) is 24.8 Å². The molecular formula is C16H19NO3S. The molecule has 0 aliphatic heterocycles. The number of thioether (sulfide) groups is 1. The van der Waals surface area contributed by atoms with Gasteiger partial charge in [0.2, 0.25) is 0 Å². The zero-order valence-electron chi connectivity index (χ0n) is 12.1. The summed E-state index contributed by atoms with van der Waals surface area (Å²) < 4.78 is 5.35. The Hall–Kier alpha value is -1.72. The third-order valence-electron chi connectivity index (χ3n) is 3.36. The molecule has 2 rings (SSSR count). The Morgan fingerprint density at radius 1 is 1.33 bits per heavy atom. The normalized spacial score (nSPS) is 13.7. The van der Waals surface area contributed by atoms with E-state index in [0.29, 0.717) is 5.76 Å². The molecule has 2 aromatic rings. The molecule has 0 saturated carbocycles. The molecule has 0 spiro atoms. The number of amides is 1. The van der Waals surface area contributed by atoms with Crippen LogP contribution in [-0.4, -0.2) is 35.2 Å². The number of furan rings is 1. The van der Waals surface area contributed by atoms with Crippen LogP contribution in [-0.2, 0) is 0 Å². The molecule has 0 radical (unpaired) electrons. The number of aliphatic hydroxyl groups excluding tert-OH is 1. The average molecular weight is 305 g/mol. The molecule has 0 aliphatic carbocycles. The lowest BCUT2D eigenvalue weighted by Crippen LogP contribution is -2.41. The van der Waals surface area contributed by atoms with Crippen molar-refractivity contribution in [2.24, 2.45) is 0 Å². The van der Waals surface area contributed by atoms with Crippen LogP contribution in [0.15, 0.2) is 47.1 Å². The molecule has 1 heterocycles. The van der Waals surface area contributed by atoms with Crippen molar-refractivity contribution in [3.05, 3.63) is 48.4 Å². The fourth-order valence-corrected chi connectivity index (χ4v) is 2.76. The van der Waals surface area contributed by atoms with Gasteiger partial charge in [-0.2, -0.15) is 11.8 Å². The van der Waals surface area contributed by atoms with Crippen LogP contribution in [0.1, 0.15) is 17.5 Å². The first-order chi connectivity index (χ1) is 10.2. The molecule has 21 heavy (non-hydrogen) atoms. The second kappa shape index (κ2) is 7.33. The van der Waals surface area contributed by atoms with Gasteiger partial charge in [0.1, 0.15) is 0 Å². The Morgan fingerprint density at radius 3 is 2.67 bits per heavy atom. The van der Waals surface area contributed by atoms with E-state index in [0.717, 1.165) is 11.1 Å². The van der Waals surface area contributed by atoms with Crippen LogP contribution >= 0.6 is 11.8 Å². The van der Waals surface area contributed by atoms with E-state index in [-0.39, 0.29) is 23.8 Å². The zero-order valence-corrected chi connectivity index (χ0v) is 12.9. The highest BCUT2D eigenvalue weighted by Gasteiger charge is 2.22. The fourth-order valence-electron chi connectivity index (χ4n) is 2.13. The summed E-state index contributed by atoms with van der Waals surface area (Å²) in [4.78, 5) is 12.4. The van der Waals surface area contributed by atoms with Gasteiger partial charge in [0, 0.05) is 16.9 Å². The highest BCUT2D eigenvalue weighted by molar-refractivity contribution is 7.99. The van der Waals surface area contributed by atoms with Gasteiger partial charge in [-0.1, -0.05) is 30.3 Å². The van der Waals surface area contributed by atoms with E-state index in [1.165, 1.54) is 18.0 Å². The molecule has 2 atom stereocenters. The van der Waals surface area contributed by atoms with Gasteiger partial charge in [-0.15, -0.1) is 0 Å². The molecule has 0 saturated heterocycles. The second-order valence-corrected chi connectivity index (χ2v) is 5.83. The van der Waals surface area contributed by atoms with Crippen LogP contribution in [0.25, 0.3) is 11.1 Å². The quantitative estimate of drug-likeness (QED) is 0.861. The minimum atomic E-state index is -0.265. The highest BCUT2D eigenvalue weighted by atomic mass is 32.2. The van der Waals surface area contributed by atoms with E-state index in [1.54, 1.807) is 6.07 Å². The number of benzene rings is 1. The molecule has 1 aromatic heterocycles. The molecule has 0 fully saturated rings. The van der Waals surface area contributed by atoms with Gasteiger partial charge < -0.3 is 14.8 Å². The molecular weight excluding hydrogens is 286 g/mol. The molecule has 1 aromatic carbocycles. The smallest absolute Gasteiger partial charge is 0.287 e. The van der Waals surface area contributed by atoms with Crippen molar-refractivity contribution in [3.8, 4) is 11.1 Å². The lowest BCUT2D eigenvalue weighted by molar-refractivity contribution is 0.0909. The van der Waals surface area contributed by atoms with E-state index >= 15 is 0 Å². The maximum absolute atomic E-state index is 12.4. The summed E-state index contributed by atoms with van der Waals surface area (Å²) in [7, 11) is 0. The molecule has 5 heteroatoms. The van der Waals surface area contributed by atoms with Crippen LogP contribution in [0.3, 0.4) is 0 Å². The van der Waals surface area contributed by atoms with Gasteiger partial charge in [0.15, 0.2) is 5.76 Å². The number of hydrogen-bond acceptors (Lipinski definition) is 4. The number of hydrogen-bond donors (Lipinski definition) is 2. The van der Waals surface area contributed by atoms with E-state index < -0.39 is 0 Å². The number of nitrogens with one attached hydrogen (secondary N) is 1. The maximum Gasteiger partial charge on any atom is 0.287 e. The third kappa shape index (κ3) is 3.68. The largest absolute Gasteiger partial charge is 0.459 e. The molecule has 4 nitrogen and oxygen atoms in total. The summed E-state index contributed by atoms with van der Waals surface area (Å²) in [6.07, 6.45) is 3.42. The summed E-state index contributed by atoms with van der Waals surface area (Å²) in [6.45, 7) is 1.90. The Morgan fingerprint density at radius 2 is 2.05 bits per heavy atom. The molecule has 1 amide bonds. The van der Waals surface area contributed by atoms with E-state index in [1.807, 2.05) is 43.5 Å². The van der Waals surface area contributed by atoms with Gasteiger partial charge in [0.25, 0.3) is 5.91 Å². The predicted molar refractivity (Wildman–Crippen MR) is 85.5 cm³/mol. The Balaban J connectivity index is 2.16. The lowest BCUT2D eigenvalue weighted by Gasteiger charge is -2.20. The molecule has 2 unspecified atom stereocenters. The van der Waals surface area contributed by atoms with Crippen molar-refractivity contribution in [1.82, 2.24) is 5.32 Å². The molecule has 0 aliphatic rings. The van der Waals surface area contributed by atoms with Crippen molar-refractivity contribution in [3.63, 3.8) is 0 Å². The van der Waals surface area contributed by atoms with E-state index in [4.69, 9.17) is 4.42 Å². The van der Waals surface area contributed by atoms with Crippen molar-refractivity contribution < 1.29 is 14.3 Å². The predicted octanol–water partition coefficient (Wildman–Crippen LogP) is 2.79. The Labute approximate surface area is 128 Å². The van der Waals surface area contributed by atoms with Crippen LogP contribution in [0.4, 0.5) is 0 Å². The zero-order chi connectivity index (χ0) is 15.2. The highest BCUT2D eigenvalue weighted by Crippen LogP contribution is 2.24. The summed E-state index contributed by atoms with van der Waals surface area (Å²) in [6, 6.07) is 11.3. The summed E-state index contributed by atoms with van der Waals surface area (Å²) in [5.41, 5.74) is 1.71. The van der Waals surface area contributed by atoms with E-state index in [9.17, 15) is 9.90 Å². The number of aliphatic hydroxyl groups is 1. The average Bonchev–Trinajstić information content (AvgIpc) is 2.99. The van der Waals surface area contributed by atoms with Crippen molar-refractivity contribution >= 4 is 17.7 Å². The first-order valence-corrected chi connectivity index (χ1v) is 8.03. The molecule has 2 N–H and O–H groups in total. The van der Waals surface area contributed by atoms with Gasteiger partial charge in [-0.3, -0.25) is 4.79 Å². The molecule has 112 valence electrons. The number of rotatable bonds is 6. The number of carbonyl (C=O) groups excluding carboxylic acids is 1. The minimum Gasteiger partial charge on any atom is -0.459 e. The van der Waals surface area contributed by atoms with Gasteiger partial charge >= 0.3 is 0 Å². The lowest BCUT2D eigenvalue weighted by atomic mass is 10.1. The number of carbonyl (C=O) groups is 1. The first-order valence-electron chi connectivity index (χ1n) is 6.74. The summed E-state index contributed by atoms with van der Waals surface area (Å²) in [5, 5.41) is 12.1. The minimum absolute atomic E-state index is 0.0201. The second-order valence-electron chi connectivity index (χ2n) is 4.75. The van der Waals surface area contributed by atoms with Crippen LogP contribution in [0, 0.1) is 0 Å². The van der Waals surface area contributed by atoms with Gasteiger partial charge in [0.05, 0.1) is 12.9 Å². The van der Waals surface area contributed by atoms with E-state index in [2.05, 4.69) is 5.32 Å². The van der Waals surface area contributed by atoms with Crippen LogP contribution in [0.5, 0.6) is 0 Å². The maximum atomic E-state index is 12.4. The summed E-state index contributed by atoms with van der Waals surface area (Å²) in [5.74, 6) is 0.0321. The van der Waals surface area contributed by atoms with Crippen molar-refractivity contribution in [2.75, 3.05) is 12.9 Å². The monoisotopic (exact) mass is 305 g/mol. The topological polar surface area (TPSA) is 62.5 Å². The molecule has 0 bridgehead atoms. The van der Waals surface area contributed by atoms with Crippen molar-refractivity contribution in [1.29, 1.82) is 0 Å². The van der Waals surface area contributed by atoms with Crippen molar-refractivity contribution in [2.45, 2.75) is 18.2 Å². The first kappa shape index (κ1) is 15.7.